The number of carbonyl (C=O) groups excluding carboxylic acids is 2. The molecule has 7 nitrogen and oxygen atoms in total. The van der Waals surface area contributed by atoms with Crippen molar-refractivity contribution in [2.45, 2.75) is 19.6 Å². The molecule has 1 aliphatic heterocycles. The van der Waals surface area contributed by atoms with Crippen molar-refractivity contribution in [2.24, 2.45) is 0 Å². The molecule has 0 N–H and O–H groups in total. The minimum atomic E-state index is -1.34. The smallest absolute Gasteiger partial charge is 0.348 e. The van der Waals surface area contributed by atoms with E-state index in [4.69, 9.17) is 21.1 Å². The lowest BCUT2D eigenvalue weighted by atomic mass is 10.1. The van der Waals surface area contributed by atoms with Crippen LogP contribution in [0.4, 0.5) is 5.69 Å². The quantitative estimate of drug-likeness (QED) is 0.274. The number of benzene rings is 1. The van der Waals surface area contributed by atoms with Gasteiger partial charge in [0, 0.05) is 31.0 Å². The second kappa shape index (κ2) is 5.17. The van der Waals surface area contributed by atoms with Gasteiger partial charge in [-0.15, -0.1) is 0 Å². The zero-order valence-corrected chi connectivity index (χ0v) is 11.8. The third-order valence-electron chi connectivity index (χ3n) is 2.54. The van der Waals surface area contributed by atoms with Crippen molar-refractivity contribution in [3.8, 4) is 0 Å². The van der Waals surface area contributed by atoms with Crippen LogP contribution < -0.4 is 0 Å². The number of halogens is 1. The number of nitrogens with zero attached hydrogens (tertiary/aromatic N) is 1. The molecule has 0 radical (unpaired) electrons. The van der Waals surface area contributed by atoms with Crippen LogP contribution in [0.25, 0.3) is 6.08 Å². The Morgan fingerprint density at radius 3 is 2.29 bits per heavy atom. The van der Waals surface area contributed by atoms with Crippen molar-refractivity contribution in [1.29, 1.82) is 0 Å². The predicted molar refractivity (Wildman–Crippen MR) is 72.3 cm³/mol. The maximum atomic E-state index is 11.8. The van der Waals surface area contributed by atoms with Gasteiger partial charge in [0.2, 0.25) is 0 Å². The Morgan fingerprint density at radius 1 is 1.19 bits per heavy atom. The van der Waals surface area contributed by atoms with Crippen molar-refractivity contribution >= 4 is 35.3 Å². The first-order valence-corrected chi connectivity index (χ1v) is 6.19. The number of cyclic esters (lactones) is 2. The molecule has 1 aromatic carbocycles. The van der Waals surface area contributed by atoms with Crippen LogP contribution >= 0.6 is 11.6 Å². The van der Waals surface area contributed by atoms with Crippen LogP contribution in [0.2, 0.25) is 5.02 Å². The molecule has 0 aliphatic carbocycles. The van der Waals surface area contributed by atoms with E-state index in [-0.39, 0.29) is 21.8 Å². The fourth-order valence-corrected chi connectivity index (χ4v) is 1.97. The van der Waals surface area contributed by atoms with Crippen molar-refractivity contribution in [2.75, 3.05) is 0 Å². The van der Waals surface area contributed by atoms with E-state index in [9.17, 15) is 19.7 Å². The fraction of sp³-hybridized carbons (Fsp3) is 0.231. The highest BCUT2D eigenvalue weighted by Gasteiger charge is 2.38. The van der Waals surface area contributed by atoms with E-state index in [0.29, 0.717) is 0 Å². The Balaban J connectivity index is 2.42. The summed E-state index contributed by atoms with van der Waals surface area (Å²) in [5.41, 5.74) is -0.393. The lowest BCUT2D eigenvalue weighted by molar-refractivity contribution is -0.384. The molecule has 21 heavy (non-hydrogen) atoms. The van der Waals surface area contributed by atoms with Crippen molar-refractivity contribution in [1.82, 2.24) is 0 Å². The van der Waals surface area contributed by atoms with Crippen LogP contribution in [0.5, 0.6) is 0 Å². The van der Waals surface area contributed by atoms with E-state index in [1.807, 2.05) is 0 Å². The Hall–Kier alpha value is -2.41. The molecule has 1 fully saturated rings. The number of esters is 2. The summed E-state index contributed by atoms with van der Waals surface area (Å²) in [6.45, 7) is 2.84. The van der Waals surface area contributed by atoms with E-state index >= 15 is 0 Å². The van der Waals surface area contributed by atoms with Crippen LogP contribution in [-0.4, -0.2) is 22.6 Å². The van der Waals surface area contributed by atoms with E-state index in [0.717, 1.165) is 12.1 Å². The van der Waals surface area contributed by atoms with Gasteiger partial charge in [0.25, 0.3) is 11.5 Å². The first-order valence-electron chi connectivity index (χ1n) is 5.81. The molecule has 110 valence electrons. The minimum Gasteiger partial charge on any atom is -0.419 e. The highest BCUT2D eigenvalue weighted by atomic mass is 35.5. The molecule has 0 unspecified atom stereocenters. The van der Waals surface area contributed by atoms with Crippen LogP contribution in [0.1, 0.15) is 19.4 Å². The topological polar surface area (TPSA) is 95.7 Å². The van der Waals surface area contributed by atoms with Gasteiger partial charge in [-0.2, -0.15) is 0 Å². The Bertz CT molecular complexity index is 657. The third kappa shape index (κ3) is 3.38. The summed E-state index contributed by atoms with van der Waals surface area (Å²) in [7, 11) is 0. The molecular weight excluding hydrogens is 302 g/mol. The normalized spacial score (nSPS) is 17.0. The maximum absolute atomic E-state index is 11.8. The SMILES string of the molecule is CC1(C)OC(=O)C(=Cc2cc(Cl)cc([N+](=O)[O-])c2)C(=O)O1. The van der Waals surface area contributed by atoms with Gasteiger partial charge in [0.05, 0.1) is 4.92 Å². The molecule has 1 aromatic rings. The number of hydrogen-bond donors (Lipinski definition) is 0. The zero-order valence-electron chi connectivity index (χ0n) is 11.1. The van der Waals surface area contributed by atoms with E-state index in [2.05, 4.69) is 0 Å². The number of nitro groups is 1. The molecule has 0 atom stereocenters. The molecule has 1 heterocycles. The fourth-order valence-electron chi connectivity index (χ4n) is 1.73. The first-order chi connectivity index (χ1) is 9.68. The average Bonchev–Trinajstić information content (AvgIpc) is 2.32. The Labute approximate surface area is 124 Å². The standard InChI is InChI=1S/C13H10ClNO6/c1-13(2)20-11(16)10(12(17)21-13)5-7-3-8(14)6-9(4-7)15(18)19/h3-6H,1-2H3. The summed E-state index contributed by atoms with van der Waals surface area (Å²) in [4.78, 5) is 33.7. The summed E-state index contributed by atoms with van der Waals surface area (Å²) in [5, 5.41) is 10.9. The van der Waals surface area contributed by atoms with Crippen LogP contribution in [-0.2, 0) is 19.1 Å². The van der Waals surface area contributed by atoms with E-state index in [1.165, 1.54) is 26.0 Å². The van der Waals surface area contributed by atoms with Crippen LogP contribution in [0.3, 0.4) is 0 Å². The molecule has 1 saturated heterocycles. The summed E-state index contributed by atoms with van der Waals surface area (Å²) in [5.74, 6) is -3.07. The van der Waals surface area contributed by atoms with Gasteiger partial charge >= 0.3 is 11.9 Å². The van der Waals surface area contributed by atoms with Crippen molar-refractivity contribution < 1.29 is 24.0 Å². The lowest BCUT2D eigenvalue weighted by Crippen LogP contribution is -2.41. The number of ether oxygens (including phenoxy) is 2. The third-order valence-corrected chi connectivity index (χ3v) is 2.76. The van der Waals surface area contributed by atoms with Crippen LogP contribution in [0.15, 0.2) is 23.8 Å². The molecule has 0 amide bonds. The molecule has 0 aromatic heterocycles. The predicted octanol–water partition coefficient (Wildman–Crippen LogP) is 2.47. The van der Waals surface area contributed by atoms with Gasteiger partial charge in [0.1, 0.15) is 5.57 Å². The van der Waals surface area contributed by atoms with Gasteiger partial charge in [-0.3, -0.25) is 10.1 Å². The molecule has 0 bridgehead atoms. The molecule has 1 aliphatic rings. The first kappa shape index (κ1) is 15.0. The van der Waals surface area contributed by atoms with Crippen LogP contribution in [0, 0.1) is 10.1 Å². The van der Waals surface area contributed by atoms with E-state index < -0.39 is 22.6 Å². The average molecular weight is 312 g/mol. The summed E-state index contributed by atoms with van der Waals surface area (Å²) in [6, 6.07) is 3.71. The lowest BCUT2D eigenvalue weighted by Gasteiger charge is -2.29. The summed E-state index contributed by atoms with van der Waals surface area (Å²) >= 11 is 5.76. The maximum Gasteiger partial charge on any atom is 0.348 e. The van der Waals surface area contributed by atoms with Gasteiger partial charge in [-0.05, 0) is 17.7 Å². The zero-order chi connectivity index (χ0) is 15.8. The highest BCUT2D eigenvalue weighted by Crippen LogP contribution is 2.26. The highest BCUT2D eigenvalue weighted by molar-refractivity contribution is 6.31. The largest absolute Gasteiger partial charge is 0.419 e. The molecule has 8 heteroatoms. The molecule has 0 spiro atoms. The molecule has 0 saturated carbocycles. The number of non-ortho nitro benzene ring substituents is 1. The van der Waals surface area contributed by atoms with Gasteiger partial charge < -0.3 is 9.47 Å². The minimum absolute atomic E-state index is 0.105. The van der Waals surface area contributed by atoms with Gasteiger partial charge in [0.15, 0.2) is 0 Å². The Morgan fingerprint density at radius 2 is 1.76 bits per heavy atom. The molecular formula is C13H10ClNO6. The van der Waals surface area contributed by atoms with Crippen molar-refractivity contribution in [3.05, 3.63) is 44.5 Å². The van der Waals surface area contributed by atoms with Gasteiger partial charge in [-0.25, -0.2) is 9.59 Å². The monoisotopic (exact) mass is 311 g/mol. The Kier molecular flexibility index (Phi) is 3.69. The number of nitro benzene ring substituents is 1. The number of hydrogen-bond acceptors (Lipinski definition) is 6. The van der Waals surface area contributed by atoms with Gasteiger partial charge in [-0.1, -0.05) is 11.6 Å². The summed E-state index contributed by atoms with van der Waals surface area (Å²) in [6.07, 6.45) is 1.14. The second-order valence-corrected chi connectivity index (χ2v) is 5.17. The van der Waals surface area contributed by atoms with Crippen molar-refractivity contribution in [3.63, 3.8) is 0 Å². The number of rotatable bonds is 2. The number of carbonyl (C=O) groups is 2. The second-order valence-electron chi connectivity index (χ2n) is 4.74. The summed E-state index contributed by atoms with van der Waals surface area (Å²) < 4.78 is 9.84. The van der Waals surface area contributed by atoms with E-state index in [1.54, 1.807) is 0 Å². The molecule has 2 rings (SSSR count).